The zero-order chi connectivity index (χ0) is 27.1. The van der Waals surface area contributed by atoms with Gasteiger partial charge in [-0.2, -0.15) is 26.3 Å². The van der Waals surface area contributed by atoms with Gasteiger partial charge in [0, 0.05) is 12.6 Å². The maximum absolute atomic E-state index is 13.6. The van der Waals surface area contributed by atoms with E-state index in [0.717, 1.165) is 11.1 Å². The third-order valence-electron chi connectivity index (χ3n) is 5.98. The molecule has 1 aromatic heterocycles. The summed E-state index contributed by atoms with van der Waals surface area (Å²) >= 11 is 0. The molecule has 3 nitrogen and oxygen atoms in total. The number of hydrogen-bond acceptors (Lipinski definition) is 2. The molecule has 36 heavy (non-hydrogen) atoms. The molecule has 3 aromatic rings. The Kier molecular flexibility index (Phi) is 6.95. The summed E-state index contributed by atoms with van der Waals surface area (Å²) in [5.74, 6) is 1.69. The third kappa shape index (κ3) is 5.23. The predicted octanol–water partition coefficient (Wildman–Crippen LogP) is 7.02. The van der Waals surface area contributed by atoms with Gasteiger partial charge in [-0.3, -0.25) is 4.79 Å². The summed E-state index contributed by atoms with van der Waals surface area (Å²) in [6, 6.07) is 10.0. The molecule has 0 radical (unpaired) electrons. The van der Waals surface area contributed by atoms with E-state index in [2.05, 4.69) is 10.9 Å². The number of halogens is 6. The van der Waals surface area contributed by atoms with Crippen molar-refractivity contribution in [3.8, 4) is 23.5 Å². The summed E-state index contributed by atoms with van der Waals surface area (Å²) in [6.45, 7) is 4.40. The van der Waals surface area contributed by atoms with Gasteiger partial charge in [-0.05, 0) is 61.7 Å². The number of aryl methyl sites for hydroxylation is 1. The molecular weight excluding hydrogens is 482 g/mol. The molecule has 9 heteroatoms. The first-order valence-corrected chi connectivity index (χ1v) is 10.7. The molecule has 0 aliphatic rings. The van der Waals surface area contributed by atoms with Crippen LogP contribution in [-0.2, 0) is 22.6 Å². The number of carbonyl (C=O) groups excluding carboxylic acids is 1. The van der Waals surface area contributed by atoms with Gasteiger partial charge in [0.15, 0.2) is 0 Å². The van der Waals surface area contributed by atoms with Gasteiger partial charge in [-0.1, -0.05) is 30.2 Å². The highest BCUT2D eigenvalue weighted by atomic mass is 19.4. The topological polar surface area (TPSA) is 33.2 Å². The molecule has 0 bridgehead atoms. The molecule has 0 aliphatic heterocycles. The average molecular weight is 504 g/mol. The first-order valence-electron chi connectivity index (χ1n) is 10.7. The highest BCUT2D eigenvalue weighted by molar-refractivity contribution is 6.03. The van der Waals surface area contributed by atoms with E-state index < -0.39 is 40.4 Å². The van der Waals surface area contributed by atoms with Crippen LogP contribution in [0.25, 0.3) is 11.1 Å². The van der Waals surface area contributed by atoms with Crippen LogP contribution in [-0.4, -0.2) is 17.9 Å². The van der Waals surface area contributed by atoms with Crippen LogP contribution in [0.2, 0.25) is 0 Å². The van der Waals surface area contributed by atoms with E-state index in [0.29, 0.717) is 29.1 Å². The van der Waals surface area contributed by atoms with Crippen molar-refractivity contribution >= 4 is 11.6 Å². The maximum Gasteiger partial charge on any atom is 0.416 e. The number of carbonyl (C=O) groups is 1. The minimum absolute atomic E-state index is 0.0342. The SMILES string of the molecule is C#Cc1cc(-c2ccccc2C)c(N(C)C(=O)C(C)(C)c2cc(C(F)(F)F)cc(C(F)(F)F)c2)cn1. The molecule has 188 valence electrons. The minimum Gasteiger partial charge on any atom is -0.313 e. The lowest BCUT2D eigenvalue weighted by Crippen LogP contribution is -2.42. The quantitative estimate of drug-likeness (QED) is 0.283. The molecule has 1 heterocycles. The maximum atomic E-state index is 13.6. The van der Waals surface area contributed by atoms with Gasteiger partial charge in [-0.15, -0.1) is 6.42 Å². The molecule has 0 spiro atoms. The Morgan fingerprint density at radius 2 is 1.42 bits per heavy atom. The van der Waals surface area contributed by atoms with Gasteiger partial charge in [0.1, 0.15) is 5.69 Å². The van der Waals surface area contributed by atoms with Crippen LogP contribution in [0.15, 0.2) is 54.7 Å². The van der Waals surface area contributed by atoms with Crippen LogP contribution in [0, 0.1) is 19.3 Å². The van der Waals surface area contributed by atoms with Crippen molar-refractivity contribution in [1.29, 1.82) is 0 Å². The Morgan fingerprint density at radius 1 is 0.889 bits per heavy atom. The van der Waals surface area contributed by atoms with E-state index >= 15 is 0 Å². The number of hydrogen-bond donors (Lipinski definition) is 0. The fraction of sp³-hybridized carbons (Fsp3) is 0.259. The zero-order valence-corrected chi connectivity index (χ0v) is 19.8. The smallest absolute Gasteiger partial charge is 0.313 e. The molecule has 0 saturated heterocycles. The molecule has 0 unspecified atom stereocenters. The van der Waals surface area contributed by atoms with E-state index in [-0.39, 0.29) is 6.07 Å². The lowest BCUT2D eigenvalue weighted by atomic mass is 9.81. The summed E-state index contributed by atoms with van der Waals surface area (Å²) in [5.41, 5.74) is -2.43. The Hall–Kier alpha value is -3.80. The van der Waals surface area contributed by atoms with Crippen LogP contribution in [0.3, 0.4) is 0 Å². The van der Waals surface area contributed by atoms with Gasteiger partial charge >= 0.3 is 12.4 Å². The first-order chi connectivity index (χ1) is 16.6. The Balaban J connectivity index is 2.15. The van der Waals surface area contributed by atoms with Crippen molar-refractivity contribution in [3.63, 3.8) is 0 Å². The van der Waals surface area contributed by atoms with Crippen LogP contribution < -0.4 is 4.90 Å². The number of pyridine rings is 1. The second kappa shape index (κ2) is 9.34. The second-order valence-electron chi connectivity index (χ2n) is 8.83. The van der Waals surface area contributed by atoms with Gasteiger partial charge in [-0.25, -0.2) is 4.98 Å². The van der Waals surface area contributed by atoms with E-state index in [1.165, 1.54) is 32.0 Å². The van der Waals surface area contributed by atoms with Crippen molar-refractivity contribution in [3.05, 3.63) is 82.7 Å². The Bertz CT molecular complexity index is 1320. The summed E-state index contributed by atoms with van der Waals surface area (Å²) in [5, 5.41) is 0. The number of terminal acetylenes is 1. The van der Waals surface area contributed by atoms with Crippen LogP contribution in [0.4, 0.5) is 32.0 Å². The number of benzene rings is 2. The summed E-state index contributed by atoms with van der Waals surface area (Å²) in [7, 11) is 1.39. The van der Waals surface area contributed by atoms with Crippen molar-refractivity contribution in [2.45, 2.75) is 38.5 Å². The van der Waals surface area contributed by atoms with Gasteiger partial charge < -0.3 is 4.90 Å². The van der Waals surface area contributed by atoms with Crippen LogP contribution >= 0.6 is 0 Å². The van der Waals surface area contributed by atoms with Gasteiger partial charge in [0.2, 0.25) is 5.91 Å². The highest BCUT2D eigenvalue weighted by Crippen LogP contribution is 2.40. The standard InChI is InChI=1S/C27H22F6N2O/c1-6-20-14-22(21-10-8-7-9-16(21)2)23(15-34-20)35(5)24(36)25(3,4)17-11-18(26(28,29)30)13-19(12-17)27(31,32)33/h1,7-15H,2-5H3. The molecular formula is C27H22F6N2O. The molecule has 1 amide bonds. The Labute approximate surface area is 204 Å². The normalized spacial score (nSPS) is 12.2. The number of rotatable bonds is 4. The van der Waals surface area contributed by atoms with Crippen molar-refractivity contribution < 1.29 is 31.1 Å². The van der Waals surface area contributed by atoms with E-state index in [9.17, 15) is 31.1 Å². The molecule has 0 aliphatic carbocycles. The number of nitrogens with zero attached hydrogens (tertiary/aromatic N) is 2. The Morgan fingerprint density at radius 3 is 1.92 bits per heavy atom. The summed E-state index contributed by atoms with van der Waals surface area (Å²) < 4.78 is 80.5. The highest BCUT2D eigenvalue weighted by Gasteiger charge is 2.41. The number of aromatic nitrogens is 1. The molecule has 0 saturated carbocycles. The minimum atomic E-state index is -5.03. The van der Waals surface area contributed by atoms with E-state index in [1.54, 1.807) is 18.2 Å². The molecule has 3 rings (SSSR count). The lowest BCUT2D eigenvalue weighted by molar-refractivity contribution is -0.143. The molecule has 0 fully saturated rings. The fourth-order valence-electron chi connectivity index (χ4n) is 3.85. The van der Waals surface area contributed by atoms with Crippen LogP contribution in [0.5, 0.6) is 0 Å². The zero-order valence-electron chi connectivity index (χ0n) is 19.8. The van der Waals surface area contributed by atoms with Crippen LogP contribution in [0.1, 0.15) is 41.8 Å². The second-order valence-corrected chi connectivity index (χ2v) is 8.83. The number of alkyl halides is 6. The van der Waals surface area contributed by atoms with E-state index in [1.807, 2.05) is 19.1 Å². The molecule has 0 N–H and O–H groups in total. The fourth-order valence-corrected chi connectivity index (χ4v) is 3.85. The predicted molar refractivity (Wildman–Crippen MR) is 125 cm³/mol. The van der Waals surface area contributed by atoms with Crippen molar-refractivity contribution in [1.82, 2.24) is 4.98 Å². The monoisotopic (exact) mass is 504 g/mol. The molecule has 2 aromatic carbocycles. The summed E-state index contributed by atoms with van der Waals surface area (Å²) in [4.78, 5) is 18.9. The molecule has 0 atom stereocenters. The number of amides is 1. The number of likely N-dealkylation sites (N-methyl/N-ethyl adjacent to an activating group) is 1. The largest absolute Gasteiger partial charge is 0.416 e. The third-order valence-corrected chi connectivity index (χ3v) is 5.98. The first kappa shape index (κ1) is 26.8. The van der Waals surface area contributed by atoms with Crippen molar-refractivity contribution in [2.24, 2.45) is 0 Å². The van der Waals surface area contributed by atoms with Gasteiger partial charge in [0.25, 0.3) is 0 Å². The van der Waals surface area contributed by atoms with E-state index in [4.69, 9.17) is 6.42 Å². The van der Waals surface area contributed by atoms with Crippen molar-refractivity contribution in [2.75, 3.05) is 11.9 Å². The number of anilines is 1. The lowest BCUT2D eigenvalue weighted by Gasteiger charge is -2.32. The summed E-state index contributed by atoms with van der Waals surface area (Å²) in [6.07, 6.45) is -3.22. The van der Waals surface area contributed by atoms with Gasteiger partial charge in [0.05, 0.1) is 28.4 Å². The average Bonchev–Trinajstić information content (AvgIpc) is 2.81.